The highest BCUT2D eigenvalue weighted by atomic mass is 16.5. The molecule has 0 atom stereocenters. The van der Waals surface area contributed by atoms with Crippen molar-refractivity contribution in [3.05, 3.63) is 24.7 Å². The Morgan fingerprint density at radius 3 is 0.683 bits per heavy atom. The minimum atomic E-state index is 1.16. The molecule has 0 aliphatic rings. The van der Waals surface area contributed by atoms with Crippen LogP contribution in [0, 0.1) is 0 Å². The molecule has 0 unspecified atom stereocenters. The topological polar surface area (TPSA) is 9.23 Å². The van der Waals surface area contributed by atoms with Gasteiger partial charge in [0.25, 0.3) is 0 Å². The monoisotopic (exact) mass is 575 g/mol. The molecule has 41 heavy (non-hydrogen) atoms. The van der Waals surface area contributed by atoms with E-state index in [1.54, 1.807) is 0 Å². The van der Waals surface area contributed by atoms with Crippen molar-refractivity contribution >= 4 is 0 Å². The summed E-state index contributed by atoms with van der Waals surface area (Å²) in [4.78, 5) is 0. The van der Waals surface area contributed by atoms with E-state index in [1.807, 2.05) is 12.5 Å². The Morgan fingerprint density at radius 1 is 0.268 bits per heavy atom. The Hall–Kier alpha value is -0.720. The predicted molar refractivity (Wildman–Crippen MR) is 188 cm³/mol. The van der Waals surface area contributed by atoms with E-state index in [0.717, 1.165) is 12.8 Å². The van der Waals surface area contributed by atoms with Gasteiger partial charge in [-0.15, -0.1) is 0 Å². The summed E-state index contributed by atoms with van der Waals surface area (Å²) in [6, 6.07) is 0. The van der Waals surface area contributed by atoms with Crippen LogP contribution in [0.4, 0.5) is 0 Å². The largest absolute Gasteiger partial charge is 0.473 e. The lowest BCUT2D eigenvalue weighted by atomic mass is 10.0. The van der Waals surface area contributed by atoms with E-state index >= 15 is 0 Å². The third kappa shape index (κ3) is 39.3. The summed E-state index contributed by atoms with van der Waals surface area (Å²) in [6.07, 6.45) is 56.4. The van der Waals surface area contributed by atoms with Crippen LogP contribution >= 0.6 is 0 Å². The molecule has 0 radical (unpaired) electrons. The van der Waals surface area contributed by atoms with Crippen LogP contribution in [-0.4, -0.2) is 0 Å². The molecule has 0 bridgehead atoms. The summed E-state index contributed by atoms with van der Waals surface area (Å²) in [5, 5.41) is 0. The lowest BCUT2D eigenvalue weighted by Crippen LogP contribution is -1.83. The van der Waals surface area contributed by atoms with Gasteiger partial charge in [0.15, 0.2) is 0 Å². The summed E-state index contributed by atoms with van der Waals surface area (Å²) in [7, 11) is 0. The average molecular weight is 575 g/mol. The van der Waals surface area contributed by atoms with E-state index in [0.29, 0.717) is 0 Å². The van der Waals surface area contributed by atoms with Crippen molar-refractivity contribution < 1.29 is 4.74 Å². The summed E-state index contributed by atoms with van der Waals surface area (Å²) in [5.74, 6) is 0. The van der Waals surface area contributed by atoms with Crippen LogP contribution in [0.3, 0.4) is 0 Å². The highest BCUT2D eigenvalue weighted by Crippen LogP contribution is 2.15. The molecule has 244 valence electrons. The maximum absolute atomic E-state index is 5.53. The second kappa shape index (κ2) is 39.3. The molecule has 0 aliphatic heterocycles. The Morgan fingerprint density at radius 2 is 0.463 bits per heavy atom. The van der Waals surface area contributed by atoms with Crippen molar-refractivity contribution in [2.45, 2.75) is 232 Å². The highest BCUT2D eigenvalue weighted by molar-refractivity contribution is 4.79. The van der Waals surface area contributed by atoms with Gasteiger partial charge in [-0.05, 0) is 37.8 Å². The molecule has 0 spiro atoms. The van der Waals surface area contributed by atoms with Gasteiger partial charge in [-0.25, -0.2) is 0 Å². The second-order valence-electron chi connectivity index (χ2n) is 13.1. The van der Waals surface area contributed by atoms with Crippen molar-refractivity contribution in [2.75, 3.05) is 0 Å². The van der Waals surface area contributed by atoms with Gasteiger partial charge < -0.3 is 4.74 Å². The van der Waals surface area contributed by atoms with Crippen molar-refractivity contribution in [3.8, 4) is 0 Å². The van der Waals surface area contributed by atoms with E-state index < -0.39 is 0 Å². The van der Waals surface area contributed by atoms with Gasteiger partial charge in [0, 0.05) is 0 Å². The first-order valence-corrected chi connectivity index (χ1v) is 19.4. The van der Waals surface area contributed by atoms with Gasteiger partial charge in [-0.3, -0.25) is 0 Å². The Kier molecular flexibility index (Phi) is 38.6. The molecular formula is C40H78O. The minimum absolute atomic E-state index is 1.16. The van der Waals surface area contributed by atoms with Gasteiger partial charge in [0.05, 0.1) is 12.5 Å². The summed E-state index contributed by atoms with van der Waals surface area (Å²) >= 11 is 0. The molecule has 0 aliphatic carbocycles. The van der Waals surface area contributed by atoms with Gasteiger partial charge in [-0.1, -0.05) is 206 Å². The molecule has 0 heterocycles. The molecule has 0 saturated heterocycles. The van der Waals surface area contributed by atoms with Crippen LogP contribution in [-0.2, 0) is 4.74 Å². The van der Waals surface area contributed by atoms with E-state index in [1.165, 1.54) is 205 Å². The molecule has 1 heteroatoms. The average Bonchev–Trinajstić information content (AvgIpc) is 2.98. The Labute approximate surface area is 261 Å². The summed E-state index contributed by atoms with van der Waals surface area (Å²) in [5.41, 5.74) is 0. The molecule has 0 aromatic heterocycles. The molecule has 1 nitrogen and oxygen atoms in total. The molecular weight excluding hydrogens is 496 g/mol. The van der Waals surface area contributed by atoms with Gasteiger partial charge in [0.2, 0.25) is 0 Å². The van der Waals surface area contributed by atoms with Crippen LogP contribution in [0.1, 0.15) is 232 Å². The van der Waals surface area contributed by atoms with Crippen molar-refractivity contribution in [1.29, 1.82) is 0 Å². The van der Waals surface area contributed by atoms with E-state index in [4.69, 9.17) is 4.74 Å². The first-order chi connectivity index (χ1) is 20.4. The fourth-order valence-corrected chi connectivity index (χ4v) is 5.91. The van der Waals surface area contributed by atoms with Crippen LogP contribution in [0.25, 0.3) is 0 Å². The lowest BCUT2D eigenvalue weighted by molar-refractivity contribution is 0.397. The molecule has 0 amide bonds. The quantitative estimate of drug-likeness (QED) is 0.0534. The first kappa shape index (κ1) is 40.3. The zero-order valence-corrected chi connectivity index (χ0v) is 28.8. The molecule has 0 rings (SSSR count). The third-order valence-corrected chi connectivity index (χ3v) is 8.80. The highest BCUT2D eigenvalue weighted by Gasteiger charge is 1.96. The predicted octanol–water partition coefficient (Wildman–Crippen LogP) is 15.3. The molecule has 0 N–H and O–H groups in total. The third-order valence-electron chi connectivity index (χ3n) is 8.80. The first-order valence-electron chi connectivity index (χ1n) is 19.4. The number of unbranched alkanes of at least 4 members (excludes halogenated alkanes) is 32. The van der Waals surface area contributed by atoms with Crippen molar-refractivity contribution in [2.24, 2.45) is 0 Å². The van der Waals surface area contributed by atoms with Gasteiger partial charge in [0.1, 0.15) is 0 Å². The van der Waals surface area contributed by atoms with Crippen molar-refractivity contribution in [1.82, 2.24) is 0 Å². The fraction of sp³-hybridized carbons (Fsp3) is 0.900. The Bertz CT molecular complexity index is 449. The van der Waals surface area contributed by atoms with Crippen LogP contribution in [0.5, 0.6) is 0 Å². The number of ether oxygens (including phenoxy) is 1. The zero-order chi connectivity index (χ0) is 29.6. The standard InChI is InChI=1S/C40H78O/c1-3-5-7-9-11-13-15-17-19-21-23-25-27-29-31-33-35-37-39-41-40-38-36-34-32-30-28-26-24-22-20-18-16-14-12-10-8-6-4-2/h37-40H,3-36H2,1-2H3. The van der Waals surface area contributed by atoms with Crippen molar-refractivity contribution in [3.63, 3.8) is 0 Å². The van der Waals surface area contributed by atoms with Crippen LogP contribution < -0.4 is 0 Å². The maximum atomic E-state index is 5.53. The SMILES string of the molecule is CCCCCCCCCCCCCCCCCCC=COC=CCCCCCCCCCCCCCCCCCC. The normalized spacial score (nSPS) is 11.9. The number of rotatable bonds is 36. The van der Waals surface area contributed by atoms with E-state index in [2.05, 4.69) is 26.0 Å². The van der Waals surface area contributed by atoms with Gasteiger partial charge >= 0.3 is 0 Å². The van der Waals surface area contributed by atoms with Crippen LogP contribution in [0.15, 0.2) is 24.7 Å². The number of hydrogen-bond donors (Lipinski definition) is 0. The number of allylic oxidation sites excluding steroid dienone is 2. The van der Waals surface area contributed by atoms with Crippen LogP contribution in [0.2, 0.25) is 0 Å². The molecule has 0 aromatic rings. The number of hydrogen-bond acceptors (Lipinski definition) is 1. The summed E-state index contributed by atoms with van der Waals surface area (Å²) < 4.78 is 5.53. The van der Waals surface area contributed by atoms with Gasteiger partial charge in [-0.2, -0.15) is 0 Å². The fourth-order valence-electron chi connectivity index (χ4n) is 5.91. The summed E-state index contributed by atoms with van der Waals surface area (Å²) in [6.45, 7) is 4.60. The Balaban J connectivity index is 3.14. The van der Waals surface area contributed by atoms with E-state index in [-0.39, 0.29) is 0 Å². The lowest BCUT2D eigenvalue weighted by Gasteiger charge is -2.03. The maximum Gasteiger partial charge on any atom is 0.0861 e. The molecule has 0 fully saturated rings. The zero-order valence-electron chi connectivity index (χ0n) is 28.8. The minimum Gasteiger partial charge on any atom is -0.473 e. The molecule has 0 aromatic carbocycles. The molecule has 0 saturated carbocycles. The van der Waals surface area contributed by atoms with E-state index in [9.17, 15) is 0 Å². The second-order valence-corrected chi connectivity index (χ2v) is 13.1. The smallest absolute Gasteiger partial charge is 0.0861 e.